The number of carbonyl (C=O) groups excluding carboxylic acids is 1. The second-order valence-corrected chi connectivity index (χ2v) is 7.72. The number of hydrogen-bond acceptors (Lipinski definition) is 4. The van der Waals surface area contributed by atoms with Crippen molar-refractivity contribution >= 4 is 33.0 Å². The van der Waals surface area contributed by atoms with Crippen molar-refractivity contribution in [1.29, 1.82) is 0 Å². The van der Waals surface area contributed by atoms with Crippen molar-refractivity contribution in [3.05, 3.63) is 77.0 Å². The van der Waals surface area contributed by atoms with Crippen molar-refractivity contribution < 1.29 is 17.6 Å². The molecule has 7 heteroatoms. The van der Waals surface area contributed by atoms with Crippen LogP contribution in [-0.2, 0) is 9.84 Å². The zero-order chi connectivity index (χ0) is 18.0. The van der Waals surface area contributed by atoms with Gasteiger partial charge in [-0.15, -0.1) is 0 Å². The SMILES string of the molecule is Cc1cccc(NC(=O)c2ccc(S(=O)(=O)c3ccc(Cl)cc3)o2)c1. The molecule has 0 aliphatic heterocycles. The highest BCUT2D eigenvalue weighted by Crippen LogP contribution is 2.24. The first-order chi connectivity index (χ1) is 11.9. The summed E-state index contributed by atoms with van der Waals surface area (Å²) in [5, 5.41) is 2.79. The van der Waals surface area contributed by atoms with Crippen LogP contribution in [0.2, 0.25) is 5.02 Å². The van der Waals surface area contributed by atoms with E-state index in [0.717, 1.165) is 5.56 Å². The van der Waals surface area contributed by atoms with Gasteiger partial charge in [0.25, 0.3) is 5.91 Å². The summed E-state index contributed by atoms with van der Waals surface area (Å²) in [7, 11) is -3.85. The zero-order valence-electron chi connectivity index (χ0n) is 13.2. The summed E-state index contributed by atoms with van der Waals surface area (Å²) in [5.74, 6) is -0.614. The van der Waals surface area contributed by atoms with Gasteiger partial charge in [-0.2, -0.15) is 0 Å². The highest BCUT2D eigenvalue weighted by Gasteiger charge is 2.23. The molecule has 2 aromatic carbocycles. The molecule has 1 N–H and O–H groups in total. The number of furan rings is 1. The number of amides is 1. The van der Waals surface area contributed by atoms with Crippen LogP contribution in [0.4, 0.5) is 5.69 Å². The van der Waals surface area contributed by atoms with Crippen LogP contribution in [0.5, 0.6) is 0 Å². The van der Waals surface area contributed by atoms with Gasteiger partial charge in [-0.3, -0.25) is 4.79 Å². The molecule has 0 saturated heterocycles. The van der Waals surface area contributed by atoms with Gasteiger partial charge in [0, 0.05) is 10.7 Å². The predicted molar refractivity (Wildman–Crippen MR) is 94.7 cm³/mol. The maximum atomic E-state index is 12.5. The summed E-state index contributed by atoms with van der Waals surface area (Å²) in [4.78, 5) is 12.3. The second-order valence-electron chi connectivity index (χ2n) is 5.40. The second kappa shape index (κ2) is 6.74. The molecule has 25 heavy (non-hydrogen) atoms. The van der Waals surface area contributed by atoms with Crippen LogP contribution in [0.25, 0.3) is 0 Å². The Kier molecular flexibility index (Phi) is 4.65. The van der Waals surface area contributed by atoms with Gasteiger partial charge in [0.1, 0.15) is 0 Å². The Morgan fingerprint density at radius 3 is 2.44 bits per heavy atom. The van der Waals surface area contributed by atoms with E-state index in [-0.39, 0.29) is 15.7 Å². The molecule has 1 aromatic heterocycles. The number of carbonyl (C=O) groups is 1. The van der Waals surface area contributed by atoms with Gasteiger partial charge in [0.05, 0.1) is 4.90 Å². The van der Waals surface area contributed by atoms with E-state index in [1.54, 1.807) is 12.1 Å². The molecule has 1 heterocycles. The maximum absolute atomic E-state index is 12.5. The molecule has 128 valence electrons. The van der Waals surface area contributed by atoms with Gasteiger partial charge in [-0.1, -0.05) is 23.7 Å². The molecule has 3 rings (SSSR count). The lowest BCUT2D eigenvalue weighted by Crippen LogP contribution is -2.11. The first-order valence-corrected chi connectivity index (χ1v) is 9.21. The zero-order valence-corrected chi connectivity index (χ0v) is 14.8. The highest BCUT2D eigenvalue weighted by molar-refractivity contribution is 7.91. The molecule has 0 aliphatic rings. The third-order valence-corrected chi connectivity index (χ3v) is 5.36. The number of aryl methyl sites for hydroxylation is 1. The number of nitrogens with one attached hydrogen (secondary N) is 1. The van der Waals surface area contributed by atoms with E-state index in [1.807, 2.05) is 19.1 Å². The molecule has 0 fully saturated rings. The van der Waals surface area contributed by atoms with Gasteiger partial charge in [0.2, 0.25) is 14.9 Å². The van der Waals surface area contributed by atoms with Crippen LogP contribution in [0.1, 0.15) is 16.1 Å². The maximum Gasteiger partial charge on any atom is 0.291 e. The van der Waals surface area contributed by atoms with E-state index < -0.39 is 15.7 Å². The molecule has 0 aliphatic carbocycles. The van der Waals surface area contributed by atoms with Crippen molar-refractivity contribution in [3.63, 3.8) is 0 Å². The highest BCUT2D eigenvalue weighted by atomic mass is 35.5. The Morgan fingerprint density at radius 2 is 1.76 bits per heavy atom. The van der Waals surface area contributed by atoms with Gasteiger partial charge < -0.3 is 9.73 Å². The number of sulfone groups is 1. The topological polar surface area (TPSA) is 76.4 Å². The molecule has 0 radical (unpaired) electrons. The van der Waals surface area contributed by atoms with Crippen molar-refractivity contribution in [2.24, 2.45) is 0 Å². The lowest BCUT2D eigenvalue weighted by atomic mass is 10.2. The summed E-state index contributed by atoms with van der Waals surface area (Å²) < 4.78 is 30.3. The average molecular weight is 376 g/mol. The minimum Gasteiger partial charge on any atom is -0.439 e. The van der Waals surface area contributed by atoms with Crippen molar-refractivity contribution in [3.8, 4) is 0 Å². The number of rotatable bonds is 4. The molecule has 5 nitrogen and oxygen atoms in total. The minimum atomic E-state index is -3.85. The standard InChI is InChI=1S/C18H14ClNO4S/c1-12-3-2-4-14(11-12)20-18(21)16-9-10-17(24-16)25(22,23)15-7-5-13(19)6-8-15/h2-11H,1H3,(H,20,21). The van der Waals surface area contributed by atoms with Crippen LogP contribution < -0.4 is 5.32 Å². The van der Waals surface area contributed by atoms with E-state index in [1.165, 1.54) is 36.4 Å². The Morgan fingerprint density at radius 1 is 1.04 bits per heavy atom. The van der Waals surface area contributed by atoms with Crippen molar-refractivity contribution in [2.45, 2.75) is 16.9 Å². The summed E-state index contributed by atoms with van der Waals surface area (Å²) in [5.41, 5.74) is 1.59. The molecular formula is C18H14ClNO4S. The predicted octanol–water partition coefficient (Wildman–Crippen LogP) is 4.33. The van der Waals surface area contributed by atoms with Crippen LogP contribution in [0.15, 0.2) is 75.1 Å². The molecule has 3 aromatic rings. The fourth-order valence-corrected chi connectivity index (χ4v) is 3.53. The molecule has 0 saturated carbocycles. The van der Waals surface area contributed by atoms with E-state index in [9.17, 15) is 13.2 Å². The largest absolute Gasteiger partial charge is 0.439 e. The Balaban J connectivity index is 1.84. The fraction of sp³-hybridized carbons (Fsp3) is 0.0556. The smallest absolute Gasteiger partial charge is 0.291 e. The van der Waals surface area contributed by atoms with Gasteiger partial charge >= 0.3 is 0 Å². The third kappa shape index (κ3) is 3.75. The normalized spacial score (nSPS) is 11.3. The van der Waals surface area contributed by atoms with Crippen LogP contribution in [-0.4, -0.2) is 14.3 Å². The minimum absolute atomic E-state index is 0.0388. The van der Waals surface area contributed by atoms with Gasteiger partial charge in [0.15, 0.2) is 5.76 Å². The van der Waals surface area contributed by atoms with E-state index in [2.05, 4.69) is 5.32 Å². The first-order valence-electron chi connectivity index (χ1n) is 7.35. The molecule has 0 atom stereocenters. The summed E-state index contributed by atoms with van der Waals surface area (Å²) in [6.07, 6.45) is 0. The quantitative estimate of drug-likeness (QED) is 0.736. The lowest BCUT2D eigenvalue weighted by Gasteiger charge is -2.04. The summed E-state index contributed by atoms with van der Waals surface area (Å²) >= 11 is 5.77. The number of anilines is 1. The first kappa shape index (κ1) is 17.3. The average Bonchev–Trinajstić information content (AvgIpc) is 3.06. The fourth-order valence-electron chi connectivity index (χ4n) is 2.23. The Labute approximate surface area is 150 Å². The Bertz CT molecular complexity index is 1020. The molecule has 0 unspecified atom stereocenters. The van der Waals surface area contributed by atoms with Crippen LogP contribution in [0, 0.1) is 6.92 Å². The van der Waals surface area contributed by atoms with E-state index >= 15 is 0 Å². The van der Waals surface area contributed by atoms with E-state index in [0.29, 0.717) is 10.7 Å². The summed E-state index contributed by atoms with van der Waals surface area (Å²) in [6.45, 7) is 1.90. The van der Waals surface area contributed by atoms with E-state index in [4.69, 9.17) is 16.0 Å². The van der Waals surface area contributed by atoms with Crippen molar-refractivity contribution in [2.75, 3.05) is 5.32 Å². The molecule has 0 bridgehead atoms. The molecule has 1 amide bonds. The number of benzene rings is 2. The molecule has 0 spiro atoms. The van der Waals surface area contributed by atoms with Gasteiger partial charge in [-0.25, -0.2) is 8.42 Å². The van der Waals surface area contributed by atoms with Crippen LogP contribution >= 0.6 is 11.6 Å². The number of halogens is 1. The van der Waals surface area contributed by atoms with Gasteiger partial charge in [-0.05, 0) is 61.0 Å². The van der Waals surface area contributed by atoms with Crippen LogP contribution in [0.3, 0.4) is 0 Å². The third-order valence-electron chi connectivity index (χ3n) is 3.47. The molecular weight excluding hydrogens is 362 g/mol. The lowest BCUT2D eigenvalue weighted by molar-refractivity contribution is 0.0991. The number of hydrogen-bond donors (Lipinski definition) is 1. The monoisotopic (exact) mass is 375 g/mol. The summed E-state index contributed by atoms with van der Waals surface area (Å²) in [6, 6.07) is 15.5. The van der Waals surface area contributed by atoms with Crippen molar-refractivity contribution in [1.82, 2.24) is 0 Å². The Hall–Kier alpha value is -2.57.